The molecule has 0 atom stereocenters. The van der Waals surface area contributed by atoms with E-state index in [1.807, 2.05) is 47.8 Å². The summed E-state index contributed by atoms with van der Waals surface area (Å²) in [5.41, 5.74) is 3.09. The second-order valence-corrected chi connectivity index (χ2v) is 7.36. The van der Waals surface area contributed by atoms with E-state index < -0.39 is 0 Å². The van der Waals surface area contributed by atoms with Crippen LogP contribution < -0.4 is 10.6 Å². The van der Waals surface area contributed by atoms with Gasteiger partial charge in [0.25, 0.3) is 11.8 Å². The first-order valence-electron chi connectivity index (χ1n) is 9.92. The Morgan fingerprint density at radius 1 is 1.18 bits per heavy atom. The maximum Gasteiger partial charge on any atom is 0.287 e. The van der Waals surface area contributed by atoms with Gasteiger partial charge in [-0.15, -0.1) is 0 Å². The minimum absolute atomic E-state index is 0.224. The summed E-state index contributed by atoms with van der Waals surface area (Å²) in [6.07, 6.45) is 3.58. The van der Waals surface area contributed by atoms with Crippen molar-refractivity contribution in [2.75, 3.05) is 32.5 Å². The number of aryl methyl sites for hydroxylation is 1. The second kappa shape index (κ2) is 9.01. The molecule has 0 spiro atoms. The third-order valence-corrected chi connectivity index (χ3v) is 5.03. The lowest BCUT2D eigenvalue weighted by molar-refractivity contribution is 0.0935. The number of amides is 2. The van der Waals surface area contributed by atoms with Crippen LogP contribution in [-0.2, 0) is 19.4 Å². The van der Waals surface area contributed by atoms with Gasteiger partial charge in [-0.2, -0.15) is 0 Å². The zero-order valence-electron chi connectivity index (χ0n) is 16.9. The van der Waals surface area contributed by atoms with Crippen LogP contribution in [0.25, 0.3) is 0 Å². The number of anilines is 1. The smallest absolute Gasteiger partial charge is 0.287 e. The monoisotopic (exact) mass is 383 g/mol. The number of hydrogen-bond acceptors (Lipinski definition) is 4. The van der Waals surface area contributed by atoms with E-state index in [4.69, 9.17) is 0 Å². The molecule has 1 aliphatic rings. The number of hydrogen-bond donors (Lipinski definition) is 2. The van der Waals surface area contributed by atoms with E-state index in [9.17, 15) is 9.59 Å². The molecule has 0 unspecified atom stereocenters. The van der Waals surface area contributed by atoms with Crippen molar-refractivity contribution in [2.24, 2.45) is 0 Å². The number of benzene rings is 1. The van der Waals surface area contributed by atoms with E-state index >= 15 is 0 Å². The zero-order valence-corrected chi connectivity index (χ0v) is 16.9. The highest BCUT2D eigenvalue weighted by molar-refractivity contribution is 6.05. The lowest BCUT2D eigenvalue weighted by Gasteiger charge is -2.17. The maximum absolute atomic E-state index is 13.0. The Bertz CT molecular complexity index is 856. The fourth-order valence-electron chi connectivity index (χ4n) is 3.50. The number of nitrogens with one attached hydrogen (secondary N) is 2. The number of aromatic nitrogens is 2. The van der Waals surface area contributed by atoms with Crippen molar-refractivity contribution in [3.63, 3.8) is 0 Å². The van der Waals surface area contributed by atoms with E-state index in [1.54, 1.807) is 0 Å². The molecule has 2 heterocycles. The van der Waals surface area contributed by atoms with Crippen LogP contribution >= 0.6 is 0 Å². The van der Waals surface area contributed by atoms with Crippen molar-refractivity contribution in [2.45, 2.75) is 39.2 Å². The highest BCUT2D eigenvalue weighted by atomic mass is 16.2. The van der Waals surface area contributed by atoms with Gasteiger partial charge in [0.1, 0.15) is 0 Å². The third-order valence-electron chi connectivity index (χ3n) is 5.03. The summed E-state index contributed by atoms with van der Waals surface area (Å²) in [4.78, 5) is 32.1. The van der Waals surface area contributed by atoms with Gasteiger partial charge in [0.15, 0.2) is 11.5 Å². The van der Waals surface area contributed by atoms with Crippen molar-refractivity contribution in [1.82, 2.24) is 19.8 Å². The molecule has 1 aromatic heterocycles. The molecule has 0 radical (unpaired) electrons. The van der Waals surface area contributed by atoms with E-state index in [0.29, 0.717) is 18.1 Å². The number of carbonyl (C=O) groups excluding carboxylic acids is 2. The molecule has 0 saturated heterocycles. The minimum atomic E-state index is -0.251. The lowest BCUT2D eigenvalue weighted by atomic mass is 10.1. The Morgan fingerprint density at radius 2 is 1.96 bits per heavy atom. The number of imidazole rings is 1. The van der Waals surface area contributed by atoms with Crippen LogP contribution in [0.1, 0.15) is 52.1 Å². The Labute approximate surface area is 166 Å². The molecule has 1 aliphatic heterocycles. The molecule has 150 valence electrons. The second-order valence-electron chi connectivity index (χ2n) is 7.36. The van der Waals surface area contributed by atoms with Crippen molar-refractivity contribution in [3.8, 4) is 0 Å². The molecule has 2 N–H and O–H groups in total. The molecule has 2 amide bonds. The third kappa shape index (κ3) is 4.42. The quantitative estimate of drug-likeness (QED) is 0.769. The zero-order chi connectivity index (χ0) is 20.1. The van der Waals surface area contributed by atoms with Gasteiger partial charge in [-0.3, -0.25) is 9.59 Å². The largest absolute Gasteiger partial charge is 0.348 e. The Balaban J connectivity index is 1.84. The number of rotatable bonds is 7. The summed E-state index contributed by atoms with van der Waals surface area (Å²) in [5, 5.41) is 5.89. The molecule has 3 rings (SSSR count). The molecule has 7 heteroatoms. The molecular formula is C21H29N5O2. The summed E-state index contributed by atoms with van der Waals surface area (Å²) >= 11 is 0. The summed E-state index contributed by atoms with van der Waals surface area (Å²) in [7, 11) is 3.92. The van der Waals surface area contributed by atoms with Gasteiger partial charge in [0.05, 0.1) is 5.69 Å². The molecule has 0 bridgehead atoms. The van der Waals surface area contributed by atoms with Gasteiger partial charge in [0, 0.05) is 25.3 Å². The average molecular weight is 383 g/mol. The lowest BCUT2D eigenvalue weighted by Crippen LogP contribution is -2.33. The van der Waals surface area contributed by atoms with E-state index in [-0.39, 0.29) is 11.8 Å². The van der Waals surface area contributed by atoms with E-state index in [2.05, 4.69) is 22.5 Å². The van der Waals surface area contributed by atoms with Crippen LogP contribution in [0.3, 0.4) is 0 Å². The molecule has 28 heavy (non-hydrogen) atoms. The summed E-state index contributed by atoms with van der Waals surface area (Å²) < 4.78 is 1.91. The normalized spacial score (nSPS) is 13.3. The fraction of sp³-hybridized carbons (Fsp3) is 0.476. The Kier molecular flexibility index (Phi) is 6.46. The van der Waals surface area contributed by atoms with Crippen LogP contribution in [0.4, 0.5) is 5.69 Å². The Morgan fingerprint density at radius 3 is 2.71 bits per heavy atom. The van der Waals surface area contributed by atoms with Crippen LogP contribution in [0.15, 0.2) is 24.3 Å². The standard InChI is InChI=1S/C21H29N5O2/c1-4-15-9-5-6-10-16(15)23-20(27)18-17-11-7-8-13-26(17)19(24-18)21(28)22-12-14-25(2)3/h5-6,9-10H,4,7-8,11-14H2,1-3H3,(H,22,28)(H,23,27). The van der Waals surface area contributed by atoms with Crippen LogP contribution in [0.5, 0.6) is 0 Å². The Hall–Kier alpha value is -2.67. The predicted octanol–water partition coefficient (Wildman–Crippen LogP) is 2.33. The molecule has 7 nitrogen and oxygen atoms in total. The SMILES string of the molecule is CCc1ccccc1NC(=O)c1nc(C(=O)NCCN(C)C)n2c1CCCC2. The highest BCUT2D eigenvalue weighted by Crippen LogP contribution is 2.23. The van der Waals surface area contributed by atoms with Crippen molar-refractivity contribution in [3.05, 3.63) is 47.0 Å². The number of carbonyl (C=O) groups is 2. The van der Waals surface area contributed by atoms with Gasteiger partial charge >= 0.3 is 0 Å². The first-order valence-corrected chi connectivity index (χ1v) is 9.92. The van der Waals surface area contributed by atoms with Gasteiger partial charge in [-0.05, 0) is 51.4 Å². The van der Waals surface area contributed by atoms with Gasteiger partial charge in [0.2, 0.25) is 0 Å². The van der Waals surface area contributed by atoms with Gasteiger partial charge < -0.3 is 20.1 Å². The minimum Gasteiger partial charge on any atom is -0.348 e. The molecule has 0 aliphatic carbocycles. The molecule has 1 aromatic carbocycles. The van der Waals surface area contributed by atoms with E-state index in [1.165, 1.54) is 0 Å². The molecule has 0 fully saturated rings. The fourth-order valence-corrected chi connectivity index (χ4v) is 3.50. The topological polar surface area (TPSA) is 79.3 Å². The summed E-state index contributed by atoms with van der Waals surface area (Å²) in [6, 6.07) is 7.76. The maximum atomic E-state index is 13.0. The summed E-state index contributed by atoms with van der Waals surface area (Å²) in [6.45, 7) is 4.07. The van der Waals surface area contributed by atoms with Crippen molar-refractivity contribution < 1.29 is 9.59 Å². The van der Waals surface area contributed by atoms with E-state index in [0.717, 1.165) is 55.7 Å². The van der Waals surface area contributed by atoms with Gasteiger partial charge in [-0.25, -0.2) is 4.98 Å². The number of nitrogens with zero attached hydrogens (tertiary/aromatic N) is 3. The molecule has 2 aromatic rings. The van der Waals surface area contributed by atoms with Crippen LogP contribution in [-0.4, -0.2) is 53.5 Å². The molecule has 0 saturated carbocycles. The van der Waals surface area contributed by atoms with Crippen molar-refractivity contribution >= 4 is 17.5 Å². The highest BCUT2D eigenvalue weighted by Gasteiger charge is 2.27. The predicted molar refractivity (Wildman–Crippen MR) is 110 cm³/mol. The van der Waals surface area contributed by atoms with Crippen molar-refractivity contribution in [1.29, 1.82) is 0 Å². The summed E-state index contributed by atoms with van der Waals surface area (Å²) in [5.74, 6) is -0.140. The number of likely N-dealkylation sites (N-methyl/N-ethyl adjacent to an activating group) is 1. The molecular weight excluding hydrogens is 354 g/mol. The number of fused-ring (bicyclic) bond motifs is 1. The van der Waals surface area contributed by atoms with Crippen LogP contribution in [0, 0.1) is 0 Å². The van der Waals surface area contributed by atoms with Crippen LogP contribution in [0.2, 0.25) is 0 Å². The average Bonchev–Trinajstić information content (AvgIpc) is 3.08. The van der Waals surface area contributed by atoms with Gasteiger partial charge in [-0.1, -0.05) is 25.1 Å². The first kappa shape index (κ1) is 20.1. The first-order chi connectivity index (χ1) is 13.5. The number of para-hydroxylation sites is 1.